The van der Waals surface area contributed by atoms with Crippen molar-refractivity contribution in [3.05, 3.63) is 29.3 Å². The van der Waals surface area contributed by atoms with Crippen molar-refractivity contribution in [2.75, 3.05) is 24.5 Å². The Morgan fingerprint density at radius 3 is 2.83 bits per heavy atom. The summed E-state index contributed by atoms with van der Waals surface area (Å²) in [7, 11) is 0. The number of urea groups is 1. The van der Waals surface area contributed by atoms with Gasteiger partial charge in [-0.3, -0.25) is 4.79 Å². The molecule has 2 saturated heterocycles. The number of piperidine rings is 1. The van der Waals surface area contributed by atoms with E-state index in [0.717, 1.165) is 30.2 Å². The second-order valence-corrected chi connectivity index (χ2v) is 6.51. The minimum atomic E-state index is -0.163. The van der Waals surface area contributed by atoms with Gasteiger partial charge in [-0.1, -0.05) is 17.7 Å². The molecular formula is C16H21ClN4O2. The summed E-state index contributed by atoms with van der Waals surface area (Å²) in [5.74, 6) is 0.0522. The van der Waals surface area contributed by atoms with Crippen LogP contribution in [0.5, 0.6) is 0 Å². The predicted molar refractivity (Wildman–Crippen MR) is 89.8 cm³/mol. The zero-order valence-electron chi connectivity index (χ0n) is 12.8. The topological polar surface area (TPSA) is 73.5 Å². The molecule has 0 radical (unpaired) electrons. The molecule has 0 aliphatic carbocycles. The number of hydrogen-bond donors (Lipinski definition) is 3. The van der Waals surface area contributed by atoms with Crippen LogP contribution in [0.3, 0.4) is 0 Å². The molecule has 2 aliphatic rings. The van der Waals surface area contributed by atoms with Gasteiger partial charge in [0, 0.05) is 48.8 Å². The fourth-order valence-electron chi connectivity index (χ4n) is 3.05. The zero-order valence-corrected chi connectivity index (χ0v) is 13.6. The predicted octanol–water partition coefficient (Wildman–Crippen LogP) is 1.50. The van der Waals surface area contributed by atoms with Crippen LogP contribution in [0, 0.1) is 0 Å². The van der Waals surface area contributed by atoms with Crippen LogP contribution in [0.15, 0.2) is 24.3 Å². The van der Waals surface area contributed by atoms with Gasteiger partial charge in [-0.05, 0) is 31.0 Å². The molecule has 2 fully saturated rings. The summed E-state index contributed by atoms with van der Waals surface area (Å²) in [5, 5.41) is 9.42. The van der Waals surface area contributed by atoms with Crippen LogP contribution >= 0.6 is 11.6 Å². The first kappa shape index (κ1) is 15.9. The van der Waals surface area contributed by atoms with Gasteiger partial charge < -0.3 is 20.9 Å². The van der Waals surface area contributed by atoms with Crippen LogP contribution in [-0.4, -0.2) is 43.7 Å². The van der Waals surface area contributed by atoms with Gasteiger partial charge in [-0.25, -0.2) is 4.79 Å². The molecule has 0 unspecified atom stereocenters. The molecule has 0 saturated carbocycles. The molecule has 3 rings (SSSR count). The van der Waals surface area contributed by atoms with Crippen molar-refractivity contribution in [1.29, 1.82) is 0 Å². The van der Waals surface area contributed by atoms with Gasteiger partial charge >= 0.3 is 6.03 Å². The zero-order chi connectivity index (χ0) is 16.2. The largest absolute Gasteiger partial charge is 0.369 e. The summed E-state index contributed by atoms with van der Waals surface area (Å²) in [6, 6.07) is 7.72. The number of halogens is 1. The molecule has 2 aliphatic heterocycles. The van der Waals surface area contributed by atoms with E-state index >= 15 is 0 Å². The Kier molecular flexibility index (Phi) is 4.91. The minimum Gasteiger partial charge on any atom is -0.369 e. The number of anilines is 1. The van der Waals surface area contributed by atoms with Crippen LogP contribution in [0.1, 0.15) is 19.3 Å². The highest BCUT2D eigenvalue weighted by Gasteiger charge is 2.25. The molecule has 2 atom stereocenters. The van der Waals surface area contributed by atoms with Gasteiger partial charge in [0.15, 0.2) is 0 Å². The van der Waals surface area contributed by atoms with E-state index < -0.39 is 0 Å². The number of nitrogens with one attached hydrogen (secondary N) is 3. The van der Waals surface area contributed by atoms with Crippen LogP contribution < -0.4 is 20.9 Å². The Bertz CT molecular complexity index is 585. The Hall–Kier alpha value is -1.95. The second-order valence-electron chi connectivity index (χ2n) is 6.07. The first-order valence-corrected chi connectivity index (χ1v) is 8.32. The van der Waals surface area contributed by atoms with Crippen LogP contribution in [-0.2, 0) is 4.79 Å². The van der Waals surface area contributed by atoms with Gasteiger partial charge in [-0.2, -0.15) is 0 Å². The molecule has 0 spiro atoms. The van der Waals surface area contributed by atoms with E-state index in [-0.39, 0.29) is 24.0 Å². The molecule has 124 valence electrons. The van der Waals surface area contributed by atoms with Crippen molar-refractivity contribution in [3.63, 3.8) is 0 Å². The first-order chi connectivity index (χ1) is 11.1. The number of carbonyl (C=O) groups is 2. The van der Waals surface area contributed by atoms with Gasteiger partial charge in [0.25, 0.3) is 0 Å². The van der Waals surface area contributed by atoms with Crippen molar-refractivity contribution in [3.8, 4) is 0 Å². The molecule has 0 aromatic heterocycles. The summed E-state index contributed by atoms with van der Waals surface area (Å²) in [5.41, 5.74) is 1.08. The molecule has 2 heterocycles. The monoisotopic (exact) mass is 336 g/mol. The quantitative estimate of drug-likeness (QED) is 0.783. The van der Waals surface area contributed by atoms with Crippen LogP contribution in [0.25, 0.3) is 0 Å². The van der Waals surface area contributed by atoms with Crippen LogP contribution in [0.2, 0.25) is 5.02 Å². The van der Waals surface area contributed by atoms with Crippen molar-refractivity contribution in [2.24, 2.45) is 0 Å². The van der Waals surface area contributed by atoms with E-state index in [1.54, 1.807) is 0 Å². The third kappa shape index (κ3) is 4.28. The Morgan fingerprint density at radius 1 is 1.26 bits per heavy atom. The molecule has 3 N–H and O–H groups in total. The minimum absolute atomic E-state index is 0.0122. The SMILES string of the molecule is O=C1CC[C@@H](NC(=O)N[C@@H]2CCN(c3cccc(Cl)c3)C2)CN1. The number of rotatable bonds is 3. The molecule has 6 nitrogen and oxygen atoms in total. The average Bonchev–Trinajstić information content (AvgIpc) is 2.98. The number of hydrogen-bond acceptors (Lipinski definition) is 3. The summed E-state index contributed by atoms with van der Waals surface area (Å²) < 4.78 is 0. The normalized spacial score (nSPS) is 24.2. The van der Waals surface area contributed by atoms with Gasteiger partial charge in [0.05, 0.1) is 0 Å². The first-order valence-electron chi connectivity index (χ1n) is 7.94. The average molecular weight is 337 g/mol. The summed E-state index contributed by atoms with van der Waals surface area (Å²) in [4.78, 5) is 25.4. The van der Waals surface area contributed by atoms with Crippen LogP contribution in [0.4, 0.5) is 10.5 Å². The maximum absolute atomic E-state index is 12.1. The van der Waals surface area contributed by atoms with E-state index in [0.29, 0.717) is 19.4 Å². The molecular weight excluding hydrogens is 316 g/mol. The number of carbonyl (C=O) groups excluding carboxylic acids is 2. The molecule has 3 amide bonds. The van der Waals surface area contributed by atoms with E-state index in [2.05, 4.69) is 20.9 Å². The molecule has 1 aromatic rings. The molecule has 1 aromatic carbocycles. The summed E-state index contributed by atoms with van der Waals surface area (Å²) in [6.07, 6.45) is 2.07. The second kappa shape index (κ2) is 7.08. The Balaban J connectivity index is 1.46. The third-order valence-corrected chi connectivity index (χ3v) is 4.53. The van der Waals surface area contributed by atoms with Crippen molar-refractivity contribution < 1.29 is 9.59 Å². The van der Waals surface area contributed by atoms with E-state index in [4.69, 9.17) is 11.6 Å². The lowest BCUT2D eigenvalue weighted by Gasteiger charge is -2.24. The molecule has 23 heavy (non-hydrogen) atoms. The number of amides is 3. The van der Waals surface area contributed by atoms with Gasteiger partial charge in [0.2, 0.25) is 5.91 Å². The fraction of sp³-hybridized carbons (Fsp3) is 0.500. The standard InChI is InChI=1S/C16H21ClN4O2/c17-11-2-1-3-14(8-11)21-7-6-13(10-21)20-16(23)19-12-4-5-15(22)18-9-12/h1-3,8,12-13H,4-7,9-10H2,(H,18,22)(H2,19,20,23)/t12-,13-/m1/s1. The third-order valence-electron chi connectivity index (χ3n) is 4.30. The highest BCUT2D eigenvalue weighted by atomic mass is 35.5. The lowest BCUT2D eigenvalue weighted by molar-refractivity contribution is -0.122. The van der Waals surface area contributed by atoms with E-state index in [1.807, 2.05) is 24.3 Å². The van der Waals surface area contributed by atoms with Gasteiger partial charge in [-0.15, -0.1) is 0 Å². The maximum Gasteiger partial charge on any atom is 0.315 e. The fourth-order valence-corrected chi connectivity index (χ4v) is 3.24. The Labute approximate surface area is 140 Å². The number of benzene rings is 1. The number of nitrogens with zero attached hydrogens (tertiary/aromatic N) is 1. The van der Waals surface area contributed by atoms with Crippen molar-refractivity contribution in [2.45, 2.75) is 31.3 Å². The highest BCUT2D eigenvalue weighted by Crippen LogP contribution is 2.23. The van der Waals surface area contributed by atoms with Crippen molar-refractivity contribution in [1.82, 2.24) is 16.0 Å². The maximum atomic E-state index is 12.1. The van der Waals surface area contributed by atoms with Crippen molar-refractivity contribution >= 4 is 29.2 Å². The lowest BCUT2D eigenvalue weighted by Crippen LogP contribution is -2.52. The smallest absolute Gasteiger partial charge is 0.315 e. The van der Waals surface area contributed by atoms with E-state index in [9.17, 15) is 9.59 Å². The summed E-state index contributed by atoms with van der Waals surface area (Å²) >= 11 is 6.03. The summed E-state index contributed by atoms with van der Waals surface area (Å²) in [6.45, 7) is 2.17. The molecule has 7 heteroatoms. The highest BCUT2D eigenvalue weighted by molar-refractivity contribution is 6.30. The van der Waals surface area contributed by atoms with E-state index in [1.165, 1.54) is 0 Å². The lowest BCUT2D eigenvalue weighted by atomic mass is 10.1. The Morgan fingerprint density at radius 2 is 2.09 bits per heavy atom. The molecule has 0 bridgehead atoms. The van der Waals surface area contributed by atoms with Gasteiger partial charge in [0.1, 0.15) is 0 Å².